The fourth-order valence-corrected chi connectivity index (χ4v) is 3.16. The molecule has 116 valence electrons. The minimum Gasteiger partial charge on any atom is -0.465 e. The van der Waals surface area contributed by atoms with Crippen LogP contribution in [0.1, 0.15) is 43.5 Å². The Labute approximate surface area is 123 Å². The van der Waals surface area contributed by atoms with Gasteiger partial charge >= 0.3 is 5.97 Å². The van der Waals surface area contributed by atoms with Crippen LogP contribution in [0.4, 0.5) is 14.5 Å². The molecule has 5 heteroatoms. The summed E-state index contributed by atoms with van der Waals surface area (Å²) in [5, 5.41) is 3.08. The summed E-state index contributed by atoms with van der Waals surface area (Å²) < 4.78 is 32.4. The molecule has 0 saturated heterocycles. The number of halogens is 2. The van der Waals surface area contributed by atoms with Gasteiger partial charge in [-0.1, -0.05) is 20.3 Å². The summed E-state index contributed by atoms with van der Waals surface area (Å²) in [6, 6.07) is 2.79. The van der Waals surface area contributed by atoms with Crippen LogP contribution in [0, 0.1) is 23.5 Å². The molecule has 0 amide bonds. The van der Waals surface area contributed by atoms with Crippen LogP contribution in [-0.4, -0.2) is 19.1 Å². The molecule has 0 heterocycles. The van der Waals surface area contributed by atoms with Crippen LogP contribution in [0.25, 0.3) is 0 Å². The molecular formula is C16H21F2NO2. The first kappa shape index (κ1) is 15.7. The largest absolute Gasteiger partial charge is 0.465 e. The van der Waals surface area contributed by atoms with Crippen LogP contribution in [0.3, 0.4) is 0 Å². The van der Waals surface area contributed by atoms with Gasteiger partial charge in [0.1, 0.15) is 0 Å². The lowest BCUT2D eigenvalue weighted by molar-refractivity contribution is 0.0594. The van der Waals surface area contributed by atoms with Gasteiger partial charge in [0.05, 0.1) is 18.4 Å². The van der Waals surface area contributed by atoms with Crippen molar-refractivity contribution in [1.82, 2.24) is 0 Å². The zero-order valence-corrected chi connectivity index (χ0v) is 12.6. The Morgan fingerprint density at radius 3 is 2.62 bits per heavy atom. The van der Waals surface area contributed by atoms with Crippen molar-refractivity contribution in [2.75, 3.05) is 12.4 Å². The molecule has 0 aliphatic heterocycles. The molecule has 2 rings (SSSR count). The van der Waals surface area contributed by atoms with Crippen LogP contribution in [-0.2, 0) is 4.74 Å². The van der Waals surface area contributed by atoms with Crippen molar-refractivity contribution in [3.8, 4) is 0 Å². The van der Waals surface area contributed by atoms with E-state index in [9.17, 15) is 13.6 Å². The number of benzene rings is 1. The van der Waals surface area contributed by atoms with E-state index >= 15 is 0 Å². The van der Waals surface area contributed by atoms with E-state index in [0.717, 1.165) is 26.4 Å². The smallest absolute Gasteiger partial charge is 0.340 e. The maximum Gasteiger partial charge on any atom is 0.340 e. The highest BCUT2D eigenvalue weighted by Crippen LogP contribution is 2.36. The highest BCUT2D eigenvalue weighted by molar-refractivity contribution is 5.90. The van der Waals surface area contributed by atoms with E-state index in [-0.39, 0.29) is 17.3 Å². The third kappa shape index (κ3) is 3.01. The third-order valence-corrected chi connectivity index (χ3v) is 4.58. The predicted octanol–water partition coefficient (Wildman–Crippen LogP) is 3.99. The number of ether oxygens (including phenoxy) is 1. The lowest BCUT2D eigenvalue weighted by Gasteiger charge is -2.22. The molecule has 1 saturated carbocycles. The summed E-state index contributed by atoms with van der Waals surface area (Å²) in [7, 11) is 1.14. The zero-order valence-electron chi connectivity index (χ0n) is 12.6. The van der Waals surface area contributed by atoms with E-state index in [0.29, 0.717) is 11.8 Å². The average molecular weight is 297 g/mol. The van der Waals surface area contributed by atoms with Gasteiger partial charge in [0.2, 0.25) is 0 Å². The van der Waals surface area contributed by atoms with Crippen molar-refractivity contribution in [2.24, 2.45) is 11.8 Å². The van der Waals surface area contributed by atoms with Gasteiger partial charge in [-0.2, -0.15) is 0 Å². The number of methoxy groups -OCH3 is 1. The number of hydrogen-bond acceptors (Lipinski definition) is 3. The molecule has 1 aromatic carbocycles. The van der Waals surface area contributed by atoms with E-state index in [4.69, 9.17) is 0 Å². The van der Waals surface area contributed by atoms with Gasteiger partial charge in [-0.15, -0.1) is 0 Å². The van der Waals surface area contributed by atoms with Crippen LogP contribution < -0.4 is 5.32 Å². The molecule has 21 heavy (non-hydrogen) atoms. The standard InChI is InChI=1S/C16H21F2NO2/c1-4-10-5-7-12(9(10)2)19-13-8-6-11(16(20)21-3)14(17)15(13)18/h6,8-10,12,19H,4-5,7H2,1-3H3. The summed E-state index contributed by atoms with van der Waals surface area (Å²) in [6.07, 6.45) is 3.14. The molecule has 1 fully saturated rings. The van der Waals surface area contributed by atoms with E-state index in [1.165, 1.54) is 12.1 Å². The van der Waals surface area contributed by atoms with Gasteiger partial charge in [0.25, 0.3) is 0 Å². The maximum absolute atomic E-state index is 14.1. The van der Waals surface area contributed by atoms with Crippen molar-refractivity contribution in [3.63, 3.8) is 0 Å². The number of esters is 1. The Morgan fingerprint density at radius 1 is 1.33 bits per heavy atom. The van der Waals surface area contributed by atoms with Gasteiger partial charge in [-0.05, 0) is 36.8 Å². The average Bonchev–Trinajstić information content (AvgIpc) is 2.84. The van der Waals surface area contributed by atoms with Crippen LogP contribution in [0.2, 0.25) is 0 Å². The van der Waals surface area contributed by atoms with Crippen LogP contribution in [0.5, 0.6) is 0 Å². The topological polar surface area (TPSA) is 38.3 Å². The van der Waals surface area contributed by atoms with Crippen molar-refractivity contribution < 1.29 is 18.3 Å². The summed E-state index contributed by atoms with van der Waals surface area (Å²) in [5.74, 6) is -2.03. The Bertz CT molecular complexity index is 533. The number of rotatable bonds is 4. The highest BCUT2D eigenvalue weighted by Gasteiger charge is 2.32. The van der Waals surface area contributed by atoms with Crippen LogP contribution in [0.15, 0.2) is 12.1 Å². The zero-order chi connectivity index (χ0) is 15.6. The number of carbonyl (C=O) groups is 1. The van der Waals surface area contributed by atoms with Crippen LogP contribution >= 0.6 is 0 Å². The van der Waals surface area contributed by atoms with Gasteiger partial charge in [0.15, 0.2) is 11.6 Å². The van der Waals surface area contributed by atoms with Crippen molar-refractivity contribution in [1.29, 1.82) is 0 Å². The monoisotopic (exact) mass is 297 g/mol. The SMILES string of the molecule is CCC1CCC(Nc2ccc(C(=O)OC)c(F)c2F)C1C. The number of anilines is 1. The minimum atomic E-state index is -1.16. The van der Waals surface area contributed by atoms with Crippen molar-refractivity contribution in [3.05, 3.63) is 29.3 Å². The predicted molar refractivity (Wildman–Crippen MR) is 77.3 cm³/mol. The minimum absolute atomic E-state index is 0.105. The number of nitrogens with one attached hydrogen (secondary N) is 1. The van der Waals surface area contributed by atoms with Crippen molar-refractivity contribution in [2.45, 2.75) is 39.2 Å². The second kappa shape index (κ2) is 6.41. The summed E-state index contributed by atoms with van der Waals surface area (Å²) in [5.41, 5.74) is -0.278. The summed E-state index contributed by atoms with van der Waals surface area (Å²) in [6.45, 7) is 4.28. The molecule has 1 aliphatic carbocycles. The fraction of sp³-hybridized carbons (Fsp3) is 0.562. The molecule has 0 aromatic heterocycles. The van der Waals surface area contributed by atoms with Gasteiger partial charge < -0.3 is 10.1 Å². The molecular weight excluding hydrogens is 276 g/mol. The van der Waals surface area contributed by atoms with E-state index in [2.05, 4.69) is 23.9 Å². The number of carbonyl (C=O) groups excluding carboxylic acids is 1. The maximum atomic E-state index is 14.1. The Kier molecular flexibility index (Phi) is 4.80. The number of hydrogen-bond donors (Lipinski definition) is 1. The Morgan fingerprint density at radius 2 is 2.05 bits per heavy atom. The Hall–Kier alpha value is -1.65. The normalized spacial score (nSPS) is 24.9. The van der Waals surface area contributed by atoms with Crippen molar-refractivity contribution >= 4 is 11.7 Å². The lowest BCUT2D eigenvalue weighted by atomic mass is 9.93. The first-order valence-corrected chi connectivity index (χ1v) is 7.32. The van der Waals surface area contributed by atoms with E-state index in [1.54, 1.807) is 0 Å². The molecule has 3 unspecified atom stereocenters. The third-order valence-electron chi connectivity index (χ3n) is 4.58. The second-order valence-electron chi connectivity index (χ2n) is 5.64. The van der Waals surface area contributed by atoms with E-state index < -0.39 is 17.6 Å². The molecule has 1 aliphatic rings. The molecule has 3 atom stereocenters. The quantitative estimate of drug-likeness (QED) is 0.854. The highest BCUT2D eigenvalue weighted by atomic mass is 19.2. The summed E-state index contributed by atoms with van der Waals surface area (Å²) in [4.78, 5) is 11.3. The lowest BCUT2D eigenvalue weighted by Crippen LogP contribution is -2.25. The molecule has 0 spiro atoms. The summed E-state index contributed by atoms with van der Waals surface area (Å²) >= 11 is 0. The Balaban J connectivity index is 2.19. The van der Waals surface area contributed by atoms with Gasteiger partial charge in [-0.3, -0.25) is 0 Å². The molecule has 0 radical (unpaired) electrons. The molecule has 3 nitrogen and oxygen atoms in total. The van der Waals surface area contributed by atoms with Gasteiger partial charge in [0, 0.05) is 6.04 Å². The molecule has 1 aromatic rings. The first-order chi connectivity index (χ1) is 9.99. The molecule has 0 bridgehead atoms. The second-order valence-corrected chi connectivity index (χ2v) is 5.64. The molecule has 1 N–H and O–H groups in total. The fourth-order valence-electron chi connectivity index (χ4n) is 3.16. The first-order valence-electron chi connectivity index (χ1n) is 7.32. The van der Waals surface area contributed by atoms with E-state index in [1.807, 2.05) is 0 Å². The van der Waals surface area contributed by atoms with Gasteiger partial charge in [-0.25, -0.2) is 13.6 Å².